The highest BCUT2D eigenvalue weighted by Crippen LogP contribution is 2.21. The van der Waals surface area contributed by atoms with Crippen molar-refractivity contribution in [1.29, 1.82) is 0 Å². The Morgan fingerprint density at radius 1 is 0.897 bits per heavy atom. The van der Waals surface area contributed by atoms with Crippen molar-refractivity contribution in [1.82, 2.24) is 0 Å². The van der Waals surface area contributed by atoms with Crippen LogP contribution in [-0.2, 0) is 4.79 Å². The minimum atomic E-state index is -0.767. The lowest BCUT2D eigenvalue weighted by molar-refractivity contribution is -0.141. The molecule has 148 valence electrons. The quantitative estimate of drug-likeness (QED) is 0.480. The highest BCUT2D eigenvalue weighted by Gasteiger charge is 2.18. The molecule has 0 radical (unpaired) electrons. The van der Waals surface area contributed by atoms with Crippen LogP contribution in [0.5, 0.6) is 11.5 Å². The lowest BCUT2D eigenvalue weighted by Gasteiger charge is -2.16. The number of hydrogen-bond acceptors (Lipinski definition) is 4. The standard InChI is InChI=1S/C24H23NO4/c1-16-9-10-17(2)22(15-16)28-18(3)24(27)29-21-13-11-19(12-14-21)23(26)25-20-7-5-4-6-8-20/h4-15,18H,1-3H3,(H,25,26). The molecule has 0 aliphatic rings. The fraction of sp³-hybridized carbons (Fsp3) is 0.167. The van der Waals surface area contributed by atoms with E-state index < -0.39 is 12.1 Å². The number of rotatable bonds is 6. The van der Waals surface area contributed by atoms with E-state index in [0.717, 1.165) is 11.1 Å². The zero-order valence-electron chi connectivity index (χ0n) is 16.6. The lowest BCUT2D eigenvalue weighted by Crippen LogP contribution is -2.28. The molecule has 5 nitrogen and oxygen atoms in total. The maximum atomic E-state index is 12.3. The number of hydrogen-bond donors (Lipinski definition) is 1. The van der Waals surface area contributed by atoms with Gasteiger partial charge >= 0.3 is 5.97 Å². The highest BCUT2D eigenvalue weighted by atomic mass is 16.6. The average molecular weight is 389 g/mol. The van der Waals surface area contributed by atoms with Gasteiger partial charge in [-0.1, -0.05) is 30.3 Å². The van der Waals surface area contributed by atoms with E-state index in [4.69, 9.17) is 9.47 Å². The third-order valence-corrected chi connectivity index (χ3v) is 4.35. The monoisotopic (exact) mass is 389 g/mol. The van der Waals surface area contributed by atoms with Gasteiger partial charge in [-0.15, -0.1) is 0 Å². The molecule has 0 bridgehead atoms. The van der Waals surface area contributed by atoms with Gasteiger partial charge in [-0.05, 0) is 74.4 Å². The Morgan fingerprint density at radius 2 is 1.59 bits per heavy atom. The molecule has 0 aromatic heterocycles. The second kappa shape index (κ2) is 9.06. The first-order chi connectivity index (χ1) is 13.9. The molecule has 3 rings (SSSR count). The van der Waals surface area contributed by atoms with Crippen LogP contribution in [0.2, 0.25) is 0 Å². The molecule has 1 N–H and O–H groups in total. The van der Waals surface area contributed by atoms with Crippen LogP contribution in [0.15, 0.2) is 72.8 Å². The lowest BCUT2D eigenvalue weighted by atomic mass is 10.1. The summed E-state index contributed by atoms with van der Waals surface area (Å²) in [5.74, 6) is 0.262. The molecule has 0 aliphatic carbocycles. The number of carbonyl (C=O) groups is 2. The van der Waals surface area contributed by atoms with E-state index in [1.807, 2.05) is 62.4 Å². The summed E-state index contributed by atoms with van der Waals surface area (Å²) in [7, 11) is 0. The summed E-state index contributed by atoms with van der Waals surface area (Å²) in [6.07, 6.45) is -0.767. The number of ether oxygens (including phenoxy) is 2. The number of aryl methyl sites for hydroxylation is 2. The van der Waals surface area contributed by atoms with Gasteiger partial charge in [0.1, 0.15) is 11.5 Å². The van der Waals surface area contributed by atoms with Crippen molar-refractivity contribution >= 4 is 17.6 Å². The zero-order chi connectivity index (χ0) is 20.8. The molecule has 3 aromatic rings. The van der Waals surface area contributed by atoms with Gasteiger partial charge in [-0.3, -0.25) is 4.79 Å². The fourth-order valence-electron chi connectivity index (χ4n) is 2.67. The summed E-state index contributed by atoms with van der Waals surface area (Å²) in [5.41, 5.74) is 3.18. The molecule has 0 aliphatic heterocycles. The number of anilines is 1. The van der Waals surface area contributed by atoms with Crippen molar-refractivity contribution in [3.63, 3.8) is 0 Å². The molecule has 1 amide bonds. The number of nitrogens with one attached hydrogen (secondary N) is 1. The van der Waals surface area contributed by atoms with Gasteiger partial charge in [0.2, 0.25) is 0 Å². The van der Waals surface area contributed by atoms with Gasteiger partial charge < -0.3 is 14.8 Å². The molecule has 0 saturated heterocycles. The zero-order valence-corrected chi connectivity index (χ0v) is 16.6. The van der Waals surface area contributed by atoms with Gasteiger partial charge in [-0.2, -0.15) is 0 Å². The molecule has 1 unspecified atom stereocenters. The first kappa shape index (κ1) is 20.1. The van der Waals surface area contributed by atoms with Crippen LogP contribution in [0.25, 0.3) is 0 Å². The van der Waals surface area contributed by atoms with Crippen molar-refractivity contribution in [2.45, 2.75) is 26.9 Å². The van der Waals surface area contributed by atoms with Gasteiger partial charge in [0.15, 0.2) is 6.10 Å². The normalized spacial score (nSPS) is 11.4. The van der Waals surface area contributed by atoms with Crippen LogP contribution in [-0.4, -0.2) is 18.0 Å². The molecule has 1 atom stereocenters. The van der Waals surface area contributed by atoms with E-state index in [-0.39, 0.29) is 5.91 Å². The summed E-state index contributed by atoms with van der Waals surface area (Å²) in [4.78, 5) is 24.6. The van der Waals surface area contributed by atoms with E-state index in [1.54, 1.807) is 31.2 Å². The number of esters is 1. The van der Waals surface area contributed by atoms with E-state index in [2.05, 4.69) is 5.32 Å². The topological polar surface area (TPSA) is 64.6 Å². The van der Waals surface area contributed by atoms with Crippen molar-refractivity contribution in [3.05, 3.63) is 89.5 Å². The molecule has 0 heterocycles. The third-order valence-electron chi connectivity index (χ3n) is 4.35. The van der Waals surface area contributed by atoms with Crippen LogP contribution in [0.3, 0.4) is 0 Å². The smallest absolute Gasteiger partial charge is 0.352 e. The Morgan fingerprint density at radius 3 is 2.28 bits per heavy atom. The SMILES string of the molecule is Cc1ccc(C)c(OC(C)C(=O)Oc2ccc(C(=O)Nc3ccccc3)cc2)c1. The first-order valence-corrected chi connectivity index (χ1v) is 9.34. The second-order valence-corrected chi connectivity index (χ2v) is 6.79. The summed E-state index contributed by atoms with van der Waals surface area (Å²) in [5, 5.41) is 2.81. The van der Waals surface area contributed by atoms with Crippen LogP contribution in [0.4, 0.5) is 5.69 Å². The summed E-state index contributed by atoms with van der Waals surface area (Å²) in [6, 6.07) is 21.4. The maximum absolute atomic E-state index is 12.3. The average Bonchev–Trinajstić information content (AvgIpc) is 2.72. The Kier molecular flexibility index (Phi) is 6.29. The number of amides is 1. The third kappa shape index (κ3) is 5.45. The van der Waals surface area contributed by atoms with Crippen molar-refractivity contribution < 1.29 is 19.1 Å². The summed E-state index contributed by atoms with van der Waals surface area (Å²) >= 11 is 0. The summed E-state index contributed by atoms with van der Waals surface area (Å²) in [6.45, 7) is 5.53. The van der Waals surface area contributed by atoms with Gasteiger partial charge in [0.05, 0.1) is 0 Å². The number of carbonyl (C=O) groups excluding carboxylic acids is 2. The first-order valence-electron chi connectivity index (χ1n) is 9.34. The molecule has 3 aromatic carbocycles. The van der Waals surface area contributed by atoms with Crippen LogP contribution in [0, 0.1) is 13.8 Å². The Bertz CT molecular complexity index is 997. The second-order valence-electron chi connectivity index (χ2n) is 6.79. The Labute approximate surface area is 170 Å². The molecular formula is C24H23NO4. The van der Waals surface area contributed by atoms with Crippen molar-refractivity contribution in [2.24, 2.45) is 0 Å². The molecule has 29 heavy (non-hydrogen) atoms. The van der Waals surface area contributed by atoms with E-state index >= 15 is 0 Å². The van der Waals surface area contributed by atoms with Crippen LogP contribution < -0.4 is 14.8 Å². The predicted octanol–water partition coefficient (Wildman–Crippen LogP) is 4.93. The minimum absolute atomic E-state index is 0.235. The van der Waals surface area contributed by atoms with Crippen LogP contribution >= 0.6 is 0 Å². The summed E-state index contributed by atoms with van der Waals surface area (Å²) < 4.78 is 11.1. The van der Waals surface area contributed by atoms with Crippen LogP contribution in [0.1, 0.15) is 28.4 Å². The van der Waals surface area contributed by atoms with E-state index in [0.29, 0.717) is 22.7 Å². The van der Waals surface area contributed by atoms with E-state index in [9.17, 15) is 9.59 Å². The number of para-hydroxylation sites is 1. The molecule has 0 fully saturated rings. The number of benzene rings is 3. The molecule has 5 heteroatoms. The highest BCUT2D eigenvalue weighted by molar-refractivity contribution is 6.04. The van der Waals surface area contributed by atoms with Gasteiger partial charge in [0, 0.05) is 11.3 Å². The molecule has 0 saturated carbocycles. The molecular weight excluding hydrogens is 366 g/mol. The minimum Gasteiger partial charge on any atom is -0.479 e. The fourth-order valence-corrected chi connectivity index (χ4v) is 2.67. The molecule has 0 spiro atoms. The van der Waals surface area contributed by atoms with E-state index in [1.165, 1.54) is 0 Å². The predicted molar refractivity (Wildman–Crippen MR) is 112 cm³/mol. The van der Waals surface area contributed by atoms with Crippen molar-refractivity contribution in [3.8, 4) is 11.5 Å². The van der Waals surface area contributed by atoms with Crippen molar-refractivity contribution in [2.75, 3.05) is 5.32 Å². The van der Waals surface area contributed by atoms with Gasteiger partial charge in [0.25, 0.3) is 5.91 Å². The Hall–Kier alpha value is -3.60. The maximum Gasteiger partial charge on any atom is 0.352 e. The van der Waals surface area contributed by atoms with Gasteiger partial charge in [-0.25, -0.2) is 4.79 Å². The Balaban J connectivity index is 1.59. The largest absolute Gasteiger partial charge is 0.479 e.